The second-order valence-corrected chi connectivity index (χ2v) is 6.55. The van der Waals surface area contributed by atoms with Gasteiger partial charge in [0.25, 0.3) is 0 Å². The minimum absolute atomic E-state index is 0.307. The van der Waals surface area contributed by atoms with Crippen LogP contribution < -0.4 is 4.90 Å². The zero-order chi connectivity index (χ0) is 17.8. The maximum Gasteiger partial charge on any atom is 0.342 e. The normalized spacial score (nSPS) is 14.4. The van der Waals surface area contributed by atoms with E-state index in [2.05, 4.69) is 9.88 Å². The number of anilines is 1. The van der Waals surface area contributed by atoms with E-state index in [4.69, 9.17) is 21.3 Å². The maximum absolute atomic E-state index is 12.5. The average Bonchev–Trinajstić information content (AvgIpc) is 2.62. The Morgan fingerprint density at radius 1 is 1.24 bits per heavy atom. The number of aromatic nitrogens is 2. The Kier molecular flexibility index (Phi) is 5.53. The molecule has 1 fully saturated rings. The van der Waals surface area contributed by atoms with Crippen LogP contribution in [-0.4, -0.2) is 35.6 Å². The van der Waals surface area contributed by atoms with Crippen molar-refractivity contribution in [3.63, 3.8) is 0 Å². The number of hydrogen-bond acceptors (Lipinski definition) is 5. The van der Waals surface area contributed by atoms with Gasteiger partial charge in [-0.15, -0.1) is 0 Å². The van der Waals surface area contributed by atoms with Crippen LogP contribution in [0.15, 0.2) is 24.3 Å². The fourth-order valence-corrected chi connectivity index (χ4v) is 3.28. The molecular formula is C19H22ClN3O2. The summed E-state index contributed by atoms with van der Waals surface area (Å²) in [5.74, 6) is 0.264. The Labute approximate surface area is 153 Å². The van der Waals surface area contributed by atoms with Gasteiger partial charge in [-0.05, 0) is 45.2 Å². The first-order valence-corrected chi connectivity index (χ1v) is 9.04. The molecule has 0 unspecified atom stereocenters. The topological polar surface area (TPSA) is 55.3 Å². The minimum atomic E-state index is -0.403. The average molecular weight is 360 g/mol. The third-order valence-electron chi connectivity index (χ3n) is 4.29. The molecule has 5 nitrogen and oxygen atoms in total. The predicted octanol–water partition coefficient (Wildman–Crippen LogP) is 4.27. The summed E-state index contributed by atoms with van der Waals surface area (Å²) in [4.78, 5) is 24.0. The molecule has 3 rings (SSSR count). The highest BCUT2D eigenvalue weighted by Crippen LogP contribution is 2.29. The van der Waals surface area contributed by atoms with Gasteiger partial charge in [0.1, 0.15) is 5.56 Å². The molecule has 1 saturated heterocycles. The first kappa shape index (κ1) is 17.7. The van der Waals surface area contributed by atoms with Crippen LogP contribution >= 0.6 is 11.6 Å². The molecule has 1 aliphatic rings. The number of rotatable bonds is 4. The molecule has 0 N–H and O–H groups in total. The molecule has 0 aliphatic carbocycles. The number of nitrogens with zero attached hydrogens (tertiary/aromatic N) is 3. The lowest BCUT2D eigenvalue weighted by Crippen LogP contribution is -2.31. The van der Waals surface area contributed by atoms with Crippen LogP contribution in [-0.2, 0) is 4.74 Å². The largest absolute Gasteiger partial charge is 0.462 e. The molecule has 1 aromatic carbocycles. The Hall–Kier alpha value is -2.14. The van der Waals surface area contributed by atoms with Gasteiger partial charge < -0.3 is 9.64 Å². The number of halogens is 1. The molecule has 0 atom stereocenters. The molecule has 2 aromatic rings. The lowest BCUT2D eigenvalue weighted by atomic mass is 10.0. The number of aryl methyl sites for hydroxylation is 1. The summed E-state index contributed by atoms with van der Waals surface area (Å²) >= 11 is 6.15. The van der Waals surface area contributed by atoms with Crippen molar-refractivity contribution < 1.29 is 9.53 Å². The first-order chi connectivity index (χ1) is 12.1. The molecule has 2 heterocycles. The van der Waals surface area contributed by atoms with Crippen molar-refractivity contribution in [3.05, 3.63) is 40.5 Å². The number of piperidine rings is 1. The number of esters is 1. The Balaban J connectivity index is 2.12. The van der Waals surface area contributed by atoms with E-state index < -0.39 is 5.97 Å². The van der Waals surface area contributed by atoms with E-state index in [0.717, 1.165) is 31.5 Å². The van der Waals surface area contributed by atoms with Gasteiger partial charge in [0.15, 0.2) is 0 Å². The van der Waals surface area contributed by atoms with Crippen LogP contribution in [0.2, 0.25) is 5.02 Å². The van der Waals surface area contributed by atoms with Crippen molar-refractivity contribution in [1.29, 1.82) is 0 Å². The first-order valence-electron chi connectivity index (χ1n) is 8.66. The molecule has 0 bridgehead atoms. The Morgan fingerprint density at radius 2 is 2.00 bits per heavy atom. The number of carbonyl (C=O) groups is 1. The Morgan fingerprint density at radius 3 is 2.68 bits per heavy atom. The summed E-state index contributed by atoms with van der Waals surface area (Å²) in [7, 11) is 0. The standard InChI is InChI=1S/C19H22ClN3O2/c1-3-25-18(24)16-13(2)21-19(23-10-5-4-6-11-23)22-17(16)14-8-7-9-15(20)12-14/h7-9,12H,3-6,10-11H2,1-2H3. The molecule has 0 spiro atoms. The highest BCUT2D eigenvalue weighted by atomic mass is 35.5. The fourth-order valence-electron chi connectivity index (χ4n) is 3.09. The van der Waals surface area contributed by atoms with Crippen molar-refractivity contribution in [2.45, 2.75) is 33.1 Å². The monoisotopic (exact) mass is 359 g/mol. The second kappa shape index (κ2) is 7.83. The molecule has 0 amide bonds. The van der Waals surface area contributed by atoms with E-state index >= 15 is 0 Å². The maximum atomic E-state index is 12.5. The number of ether oxygens (including phenoxy) is 1. The van der Waals surface area contributed by atoms with Crippen molar-refractivity contribution in [3.8, 4) is 11.3 Å². The zero-order valence-corrected chi connectivity index (χ0v) is 15.3. The quantitative estimate of drug-likeness (QED) is 0.763. The smallest absolute Gasteiger partial charge is 0.342 e. The molecule has 6 heteroatoms. The summed E-state index contributed by atoms with van der Waals surface area (Å²) in [5.41, 5.74) is 2.40. The number of hydrogen-bond donors (Lipinski definition) is 0. The SMILES string of the molecule is CCOC(=O)c1c(C)nc(N2CCCCC2)nc1-c1cccc(Cl)c1. The highest BCUT2D eigenvalue weighted by molar-refractivity contribution is 6.30. The van der Waals surface area contributed by atoms with Gasteiger partial charge in [-0.1, -0.05) is 23.7 Å². The van der Waals surface area contributed by atoms with E-state index in [0.29, 0.717) is 34.5 Å². The number of carbonyl (C=O) groups excluding carboxylic acids is 1. The molecule has 0 radical (unpaired) electrons. The van der Waals surface area contributed by atoms with Crippen molar-refractivity contribution in [2.24, 2.45) is 0 Å². The van der Waals surface area contributed by atoms with Crippen LogP contribution in [0, 0.1) is 6.92 Å². The zero-order valence-electron chi connectivity index (χ0n) is 14.6. The summed E-state index contributed by atoms with van der Waals surface area (Å²) in [6, 6.07) is 7.36. The van der Waals surface area contributed by atoms with Gasteiger partial charge in [-0.3, -0.25) is 0 Å². The molecule has 1 aliphatic heterocycles. The predicted molar refractivity (Wildman–Crippen MR) is 99.2 cm³/mol. The third-order valence-corrected chi connectivity index (χ3v) is 4.53. The van der Waals surface area contributed by atoms with Gasteiger partial charge in [-0.2, -0.15) is 0 Å². The lowest BCUT2D eigenvalue weighted by Gasteiger charge is -2.27. The van der Waals surface area contributed by atoms with E-state index in [1.165, 1.54) is 6.42 Å². The minimum Gasteiger partial charge on any atom is -0.462 e. The number of benzene rings is 1. The van der Waals surface area contributed by atoms with Crippen molar-refractivity contribution in [1.82, 2.24) is 9.97 Å². The summed E-state index contributed by atoms with van der Waals surface area (Å²) in [5, 5.41) is 0.600. The molecule has 132 valence electrons. The lowest BCUT2D eigenvalue weighted by molar-refractivity contribution is 0.0525. The van der Waals surface area contributed by atoms with Gasteiger partial charge in [-0.25, -0.2) is 14.8 Å². The second-order valence-electron chi connectivity index (χ2n) is 6.11. The third kappa shape index (κ3) is 3.93. The van der Waals surface area contributed by atoms with Crippen LogP contribution in [0.4, 0.5) is 5.95 Å². The van der Waals surface area contributed by atoms with Gasteiger partial charge >= 0.3 is 5.97 Å². The summed E-state index contributed by atoms with van der Waals surface area (Å²) in [6.07, 6.45) is 3.50. The molecular weight excluding hydrogens is 338 g/mol. The van der Waals surface area contributed by atoms with Crippen LogP contribution in [0.25, 0.3) is 11.3 Å². The van der Waals surface area contributed by atoms with E-state index in [1.807, 2.05) is 25.1 Å². The van der Waals surface area contributed by atoms with Gasteiger partial charge in [0, 0.05) is 23.7 Å². The van der Waals surface area contributed by atoms with Crippen LogP contribution in [0.1, 0.15) is 42.2 Å². The van der Waals surface area contributed by atoms with Crippen LogP contribution in [0.3, 0.4) is 0 Å². The van der Waals surface area contributed by atoms with Crippen molar-refractivity contribution in [2.75, 3.05) is 24.6 Å². The Bertz CT molecular complexity index is 773. The molecule has 25 heavy (non-hydrogen) atoms. The van der Waals surface area contributed by atoms with Gasteiger partial charge in [0.05, 0.1) is 18.0 Å². The highest BCUT2D eigenvalue weighted by Gasteiger charge is 2.23. The molecule has 0 saturated carbocycles. The van der Waals surface area contributed by atoms with Crippen LogP contribution in [0.5, 0.6) is 0 Å². The molecule has 1 aromatic heterocycles. The van der Waals surface area contributed by atoms with E-state index in [-0.39, 0.29) is 0 Å². The van der Waals surface area contributed by atoms with Gasteiger partial charge in [0.2, 0.25) is 5.95 Å². The fraction of sp³-hybridized carbons (Fsp3) is 0.421. The van der Waals surface area contributed by atoms with E-state index in [9.17, 15) is 4.79 Å². The summed E-state index contributed by atoms with van der Waals surface area (Å²) in [6.45, 7) is 5.80. The summed E-state index contributed by atoms with van der Waals surface area (Å²) < 4.78 is 5.22. The van der Waals surface area contributed by atoms with E-state index in [1.54, 1.807) is 13.0 Å². The van der Waals surface area contributed by atoms with Crippen molar-refractivity contribution >= 4 is 23.5 Å².